The van der Waals surface area contributed by atoms with Crippen molar-refractivity contribution in [3.05, 3.63) is 59.7 Å². The van der Waals surface area contributed by atoms with Crippen LogP contribution in [-0.2, 0) is 16.0 Å². The van der Waals surface area contributed by atoms with E-state index in [4.69, 9.17) is 9.47 Å². The first kappa shape index (κ1) is 16.4. The average Bonchev–Trinajstić information content (AvgIpc) is 2.65. The van der Waals surface area contributed by atoms with Gasteiger partial charge < -0.3 is 19.5 Å². The molecule has 0 saturated heterocycles. The van der Waals surface area contributed by atoms with Crippen molar-refractivity contribution in [1.29, 1.82) is 0 Å². The van der Waals surface area contributed by atoms with Crippen molar-refractivity contribution in [3.63, 3.8) is 0 Å². The van der Waals surface area contributed by atoms with Gasteiger partial charge in [0.2, 0.25) is 6.10 Å². The summed E-state index contributed by atoms with van der Waals surface area (Å²) < 4.78 is 11.7. The van der Waals surface area contributed by atoms with Gasteiger partial charge in [0.15, 0.2) is 17.5 Å². The van der Waals surface area contributed by atoms with Crippen LogP contribution < -0.4 is 9.47 Å². The highest BCUT2D eigenvalue weighted by atomic mass is 16.6. The summed E-state index contributed by atoms with van der Waals surface area (Å²) in [6, 6.07) is 13.5. The summed E-state index contributed by atoms with van der Waals surface area (Å²) in [6.45, 7) is 2.09. The summed E-state index contributed by atoms with van der Waals surface area (Å²) in [5.41, 5.74) is 1.62. The van der Waals surface area contributed by atoms with Gasteiger partial charge in [-0.15, -0.1) is 0 Å². The van der Waals surface area contributed by atoms with E-state index in [9.17, 15) is 14.7 Å². The number of carboxylic acids is 1. The lowest BCUT2D eigenvalue weighted by molar-refractivity contribution is -0.157. The molecule has 0 spiro atoms. The normalized spacial score (nSPS) is 23.9. The van der Waals surface area contributed by atoms with Gasteiger partial charge >= 0.3 is 5.97 Å². The fourth-order valence-corrected chi connectivity index (χ4v) is 3.62. The van der Waals surface area contributed by atoms with Crippen LogP contribution in [0.2, 0.25) is 0 Å². The molecule has 0 radical (unpaired) electrons. The van der Waals surface area contributed by atoms with Gasteiger partial charge in [0.05, 0.1) is 0 Å². The van der Waals surface area contributed by atoms with E-state index in [-0.39, 0.29) is 5.91 Å². The summed E-state index contributed by atoms with van der Waals surface area (Å²) in [7, 11) is 0. The van der Waals surface area contributed by atoms with Gasteiger partial charge in [-0.2, -0.15) is 0 Å². The molecule has 6 heteroatoms. The predicted molar refractivity (Wildman–Crippen MR) is 93.2 cm³/mol. The monoisotopic (exact) mass is 353 g/mol. The fraction of sp³-hybridized carbons (Fsp3) is 0.300. The summed E-state index contributed by atoms with van der Waals surface area (Å²) >= 11 is 0. The number of para-hydroxylation sites is 2. The zero-order chi connectivity index (χ0) is 18.3. The first-order valence-corrected chi connectivity index (χ1v) is 8.59. The molecule has 2 aliphatic heterocycles. The number of rotatable bonds is 2. The molecule has 2 aromatic rings. The molecule has 0 saturated carbocycles. The van der Waals surface area contributed by atoms with E-state index in [0.29, 0.717) is 30.0 Å². The van der Waals surface area contributed by atoms with Crippen molar-refractivity contribution in [2.24, 2.45) is 0 Å². The second kappa shape index (κ2) is 6.37. The van der Waals surface area contributed by atoms with E-state index in [2.05, 4.69) is 0 Å². The van der Waals surface area contributed by atoms with Crippen LogP contribution in [0.3, 0.4) is 0 Å². The number of aliphatic carboxylic acids is 1. The Hall–Kier alpha value is -3.02. The minimum atomic E-state index is -1.05. The van der Waals surface area contributed by atoms with E-state index in [1.165, 1.54) is 4.90 Å². The number of carbonyl (C=O) groups excluding carboxylic acids is 1. The highest BCUT2D eigenvalue weighted by molar-refractivity contribution is 5.88. The third-order valence-corrected chi connectivity index (χ3v) is 4.89. The third-order valence-electron chi connectivity index (χ3n) is 4.89. The molecular formula is C20H19NO5. The first-order valence-electron chi connectivity index (χ1n) is 8.59. The van der Waals surface area contributed by atoms with Crippen molar-refractivity contribution in [3.8, 4) is 11.5 Å². The molecular weight excluding hydrogens is 334 g/mol. The van der Waals surface area contributed by atoms with E-state index >= 15 is 0 Å². The summed E-state index contributed by atoms with van der Waals surface area (Å²) in [5, 5.41) is 9.76. The van der Waals surface area contributed by atoms with Gasteiger partial charge in [-0.05, 0) is 36.6 Å². The molecule has 1 N–H and O–H groups in total. The average molecular weight is 353 g/mol. The number of carbonyl (C=O) groups is 2. The van der Waals surface area contributed by atoms with Crippen molar-refractivity contribution in [2.75, 3.05) is 6.54 Å². The van der Waals surface area contributed by atoms with Gasteiger partial charge in [0.25, 0.3) is 5.91 Å². The molecule has 0 fully saturated rings. The van der Waals surface area contributed by atoms with Crippen LogP contribution in [-0.4, -0.2) is 40.6 Å². The van der Waals surface area contributed by atoms with Gasteiger partial charge in [0, 0.05) is 6.54 Å². The molecule has 2 aromatic carbocycles. The molecule has 26 heavy (non-hydrogen) atoms. The standard InChI is InChI=1S/C20H19NO5/c1-12-18(26-16-9-5-4-8-15(16)25-12)19(22)21-11-10-13-6-2-3-7-14(13)17(21)20(23)24/h2-9,12,17-18H,10-11H2,1H3,(H,23,24). The van der Waals surface area contributed by atoms with E-state index in [0.717, 1.165) is 5.56 Å². The van der Waals surface area contributed by atoms with Crippen LogP contribution in [0.25, 0.3) is 0 Å². The quantitative estimate of drug-likeness (QED) is 0.897. The van der Waals surface area contributed by atoms with Crippen molar-refractivity contribution >= 4 is 11.9 Å². The Kier molecular flexibility index (Phi) is 4.03. The van der Waals surface area contributed by atoms with E-state index in [1.54, 1.807) is 37.3 Å². The van der Waals surface area contributed by atoms with Crippen LogP contribution in [0, 0.1) is 0 Å². The lowest BCUT2D eigenvalue weighted by Gasteiger charge is -2.39. The molecule has 0 aromatic heterocycles. The zero-order valence-electron chi connectivity index (χ0n) is 14.3. The topological polar surface area (TPSA) is 76.1 Å². The zero-order valence-corrected chi connectivity index (χ0v) is 14.3. The van der Waals surface area contributed by atoms with Crippen molar-refractivity contribution in [2.45, 2.75) is 31.6 Å². The van der Waals surface area contributed by atoms with Gasteiger partial charge in [-0.1, -0.05) is 36.4 Å². The number of fused-ring (bicyclic) bond motifs is 2. The Balaban J connectivity index is 1.65. The number of ether oxygens (including phenoxy) is 2. The van der Waals surface area contributed by atoms with Crippen molar-refractivity contribution < 1.29 is 24.2 Å². The highest BCUT2D eigenvalue weighted by Gasteiger charge is 2.43. The van der Waals surface area contributed by atoms with Crippen LogP contribution in [0.1, 0.15) is 24.1 Å². The Labute approximate surface area is 151 Å². The van der Waals surface area contributed by atoms with Gasteiger partial charge in [-0.25, -0.2) is 4.79 Å². The van der Waals surface area contributed by atoms with Crippen molar-refractivity contribution in [1.82, 2.24) is 4.90 Å². The third kappa shape index (κ3) is 2.67. The smallest absolute Gasteiger partial charge is 0.331 e. The summed E-state index contributed by atoms with van der Waals surface area (Å²) in [5.74, 6) is -0.333. The molecule has 0 aliphatic carbocycles. The van der Waals surface area contributed by atoms with E-state index < -0.39 is 24.2 Å². The number of nitrogens with zero attached hydrogens (tertiary/aromatic N) is 1. The lowest BCUT2D eigenvalue weighted by Crippen LogP contribution is -2.54. The Bertz CT molecular complexity index is 865. The maximum Gasteiger partial charge on any atom is 0.331 e. The number of amides is 1. The lowest BCUT2D eigenvalue weighted by atomic mass is 9.92. The van der Waals surface area contributed by atoms with Gasteiger partial charge in [-0.3, -0.25) is 4.79 Å². The molecule has 3 atom stereocenters. The Morgan fingerprint density at radius 1 is 1.04 bits per heavy atom. The van der Waals surface area contributed by atoms with Gasteiger partial charge in [0.1, 0.15) is 6.10 Å². The second-order valence-corrected chi connectivity index (χ2v) is 6.53. The molecule has 0 bridgehead atoms. The fourth-order valence-electron chi connectivity index (χ4n) is 3.62. The molecule has 134 valence electrons. The second-order valence-electron chi connectivity index (χ2n) is 6.53. The SMILES string of the molecule is CC1Oc2ccccc2OC1C(=O)N1CCc2ccccc2C1C(=O)O. The molecule has 1 amide bonds. The maximum absolute atomic E-state index is 13.2. The minimum Gasteiger partial charge on any atom is -0.482 e. The highest BCUT2D eigenvalue weighted by Crippen LogP contribution is 2.36. The number of hydrogen-bond acceptors (Lipinski definition) is 4. The number of carboxylic acid groups (broad SMARTS) is 1. The summed E-state index contributed by atoms with van der Waals surface area (Å²) in [6.07, 6.45) is -0.773. The van der Waals surface area contributed by atoms with Crippen LogP contribution >= 0.6 is 0 Å². The van der Waals surface area contributed by atoms with E-state index in [1.807, 2.05) is 18.2 Å². The molecule has 3 unspecified atom stereocenters. The molecule has 4 rings (SSSR count). The van der Waals surface area contributed by atoms with Crippen LogP contribution in [0.5, 0.6) is 11.5 Å². The first-order chi connectivity index (χ1) is 12.6. The predicted octanol–water partition coefficient (Wildman–Crippen LogP) is 2.43. The number of benzene rings is 2. The van der Waals surface area contributed by atoms with Crippen LogP contribution in [0.15, 0.2) is 48.5 Å². The van der Waals surface area contributed by atoms with Crippen LogP contribution in [0.4, 0.5) is 0 Å². The minimum absolute atomic E-state index is 0.334. The Morgan fingerprint density at radius 2 is 1.69 bits per heavy atom. The molecule has 6 nitrogen and oxygen atoms in total. The largest absolute Gasteiger partial charge is 0.482 e. The number of hydrogen-bond donors (Lipinski definition) is 1. The Morgan fingerprint density at radius 3 is 2.42 bits per heavy atom. The molecule has 2 heterocycles. The summed E-state index contributed by atoms with van der Waals surface area (Å²) in [4.78, 5) is 26.5. The molecule has 2 aliphatic rings. The maximum atomic E-state index is 13.2.